The largest absolute Gasteiger partial charge is 0.342 e. The number of benzene rings is 2. The Hall–Kier alpha value is -3.41. The monoisotopic (exact) mass is 484 g/mol. The van der Waals surface area contributed by atoms with Crippen molar-refractivity contribution in [3.63, 3.8) is 0 Å². The van der Waals surface area contributed by atoms with Crippen molar-refractivity contribution in [1.29, 1.82) is 0 Å². The molecule has 0 atom stereocenters. The zero-order valence-electron chi connectivity index (χ0n) is 21.2. The molecule has 36 heavy (non-hydrogen) atoms. The van der Waals surface area contributed by atoms with E-state index in [1.165, 1.54) is 18.4 Å². The quantitative estimate of drug-likeness (QED) is 0.503. The third kappa shape index (κ3) is 5.53. The van der Waals surface area contributed by atoms with Crippen LogP contribution in [0.15, 0.2) is 60.8 Å². The zero-order chi connectivity index (χ0) is 24.9. The summed E-state index contributed by atoms with van der Waals surface area (Å²) in [6.07, 6.45) is 8.02. The summed E-state index contributed by atoms with van der Waals surface area (Å²) < 4.78 is 1.87. The van der Waals surface area contributed by atoms with Crippen molar-refractivity contribution >= 4 is 11.8 Å². The van der Waals surface area contributed by atoms with Crippen LogP contribution in [0.3, 0.4) is 0 Å². The lowest BCUT2D eigenvalue weighted by molar-refractivity contribution is -0.136. The highest BCUT2D eigenvalue weighted by Crippen LogP contribution is 2.27. The second-order valence-corrected chi connectivity index (χ2v) is 10.2. The molecule has 0 radical (unpaired) electrons. The van der Waals surface area contributed by atoms with Crippen LogP contribution < -0.4 is 0 Å². The molecule has 2 aromatic carbocycles. The fourth-order valence-electron chi connectivity index (χ4n) is 5.40. The Morgan fingerprint density at radius 3 is 2.17 bits per heavy atom. The van der Waals surface area contributed by atoms with Gasteiger partial charge in [0.1, 0.15) is 5.69 Å². The predicted molar refractivity (Wildman–Crippen MR) is 142 cm³/mol. The summed E-state index contributed by atoms with van der Waals surface area (Å²) in [6, 6.07) is 18.4. The molecule has 2 fully saturated rings. The highest BCUT2D eigenvalue weighted by atomic mass is 16.2. The Morgan fingerprint density at radius 2 is 1.50 bits per heavy atom. The maximum absolute atomic E-state index is 13.7. The highest BCUT2D eigenvalue weighted by molar-refractivity contribution is 6.00. The van der Waals surface area contributed by atoms with Crippen molar-refractivity contribution < 1.29 is 9.59 Å². The number of carbonyl (C=O) groups excluding carboxylic acids is 2. The Balaban J connectivity index is 1.32. The fourth-order valence-corrected chi connectivity index (χ4v) is 5.40. The van der Waals surface area contributed by atoms with E-state index < -0.39 is 0 Å². The maximum Gasteiger partial charge on any atom is 0.257 e. The van der Waals surface area contributed by atoms with Gasteiger partial charge in [-0.1, -0.05) is 73.0 Å². The molecule has 0 N–H and O–H groups in total. The summed E-state index contributed by atoms with van der Waals surface area (Å²) >= 11 is 0. The van der Waals surface area contributed by atoms with Gasteiger partial charge in [0.2, 0.25) is 5.91 Å². The molecule has 2 aliphatic rings. The van der Waals surface area contributed by atoms with Gasteiger partial charge in [0, 0.05) is 43.9 Å². The third-order valence-corrected chi connectivity index (χ3v) is 7.55. The number of rotatable bonds is 5. The Bertz CT molecular complexity index is 1170. The van der Waals surface area contributed by atoms with E-state index in [-0.39, 0.29) is 11.8 Å². The number of hydrogen-bond acceptors (Lipinski definition) is 3. The van der Waals surface area contributed by atoms with Gasteiger partial charge in [-0.2, -0.15) is 5.10 Å². The van der Waals surface area contributed by atoms with Crippen molar-refractivity contribution in [3.8, 4) is 11.3 Å². The normalized spacial score (nSPS) is 17.1. The van der Waals surface area contributed by atoms with Gasteiger partial charge in [-0.15, -0.1) is 0 Å². The van der Waals surface area contributed by atoms with Crippen LogP contribution in [0.4, 0.5) is 0 Å². The van der Waals surface area contributed by atoms with Gasteiger partial charge in [0.25, 0.3) is 5.91 Å². The van der Waals surface area contributed by atoms with Crippen LogP contribution in [0.25, 0.3) is 11.3 Å². The van der Waals surface area contributed by atoms with Crippen LogP contribution in [-0.4, -0.2) is 57.6 Å². The summed E-state index contributed by atoms with van der Waals surface area (Å²) in [5.74, 6) is 0.329. The molecule has 3 heterocycles. The highest BCUT2D eigenvalue weighted by Gasteiger charge is 2.32. The third-order valence-electron chi connectivity index (χ3n) is 7.55. The molecule has 2 aliphatic heterocycles. The van der Waals surface area contributed by atoms with Crippen LogP contribution in [0.2, 0.25) is 0 Å². The maximum atomic E-state index is 13.7. The zero-order valence-corrected chi connectivity index (χ0v) is 21.2. The SMILES string of the molecule is Cc1ccc(-c2nn(Cc3ccccc3)cc2C(=O)N2CCC(C(=O)N3CCCCCC3)CC2)cc1. The van der Waals surface area contributed by atoms with Crippen molar-refractivity contribution in [2.24, 2.45) is 5.92 Å². The molecule has 2 saturated heterocycles. The molecular weight excluding hydrogens is 448 g/mol. The van der Waals surface area contributed by atoms with E-state index in [4.69, 9.17) is 5.10 Å². The lowest BCUT2D eigenvalue weighted by Gasteiger charge is -2.34. The minimum absolute atomic E-state index is 0.00515. The fraction of sp³-hybridized carbons (Fsp3) is 0.433. The molecule has 0 unspecified atom stereocenters. The number of aromatic nitrogens is 2. The molecule has 188 valence electrons. The first-order valence-electron chi connectivity index (χ1n) is 13.3. The molecule has 0 bridgehead atoms. The average molecular weight is 485 g/mol. The van der Waals surface area contributed by atoms with Crippen molar-refractivity contribution in [2.45, 2.75) is 52.0 Å². The van der Waals surface area contributed by atoms with Crippen molar-refractivity contribution in [1.82, 2.24) is 19.6 Å². The van der Waals surface area contributed by atoms with Crippen LogP contribution in [0.1, 0.15) is 60.0 Å². The Kier molecular flexibility index (Phi) is 7.49. The van der Waals surface area contributed by atoms with Gasteiger partial charge >= 0.3 is 0 Å². The van der Waals surface area contributed by atoms with E-state index >= 15 is 0 Å². The molecule has 6 nitrogen and oxygen atoms in total. The van der Waals surface area contributed by atoms with Crippen molar-refractivity contribution in [3.05, 3.63) is 77.5 Å². The summed E-state index contributed by atoms with van der Waals surface area (Å²) in [4.78, 5) is 30.8. The summed E-state index contributed by atoms with van der Waals surface area (Å²) in [5.41, 5.74) is 4.61. The van der Waals surface area contributed by atoms with Gasteiger partial charge < -0.3 is 9.80 Å². The Morgan fingerprint density at radius 1 is 0.833 bits per heavy atom. The number of carbonyl (C=O) groups is 2. The second-order valence-electron chi connectivity index (χ2n) is 10.2. The second kappa shape index (κ2) is 11.1. The topological polar surface area (TPSA) is 58.4 Å². The van der Waals surface area contributed by atoms with Gasteiger partial charge in [-0.25, -0.2) is 0 Å². The first-order valence-corrected chi connectivity index (χ1v) is 13.3. The number of hydrogen-bond donors (Lipinski definition) is 0. The van der Waals surface area contributed by atoms with Crippen LogP contribution in [-0.2, 0) is 11.3 Å². The van der Waals surface area contributed by atoms with Gasteiger partial charge in [0.05, 0.1) is 12.1 Å². The molecule has 0 spiro atoms. The Labute approximate surface area is 213 Å². The van der Waals surface area contributed by atoms with Crippen LogP contribution >= 0.6 is 0 Å². The molecule has 0 aliphatic carbocycles. The first-order chi connectivity index (χ1) is 17.6. The van der Waals surface area contributed by atoms with E-state index in [2.05, 4.69) is 36.1 Å². The summed E-state index contributed by atoms with van der Waals surface area (Å²) in [7, 11) is 0. The molecular formula is C30H36N4O2. The van der Waals surface area contributed by atoms with Crippen LogP contribution in [0.5, 0.6) is 0 Å². The number of piperidine rings is 1. The summed E-state index contributed by atoms with van der Waals surface area (Å²) in [5, 5.41) is 4.84. The molecule has 2 amide bonds. The van der Waals surface area contributed by atoms with Crippen LogP contribution in [0, 0.1) is 12.8 Å². The number of nitrogens with zero attached hydrogens (tertiary/aromatic N) is 4. The predicted octanol–water partition coefficient (Wildman–Crippen LogP) is 5.16. The molecule has 5 rings (SSSR count). The standard InChI is InChI=1S/C30H36N4O2/c1-23-11-13-25(14-12-23)28-27(22-34(31-28)21-24-9-5-4-6-10-24)30(36)33-19-15-26(16-20-33)29(35)32-17-7-2-3-8-18-32/h4-6,9-14,22,26H,2-3,7-8,15-21H2,1H3. The van der Waals surface area contributed by atoms with E-state index in [0.29, 0.717) is 31.1 Å². The lowest BCUT2D eigenvalue weighted by atomic mass is 9.94. The average Bonchev–Trinajstić information content (AvgIpc) is 3.13. The van der Waals surface area contributed by atoms with E-state index in [9.17, 15) is 9.59 Å². The molecule has 6 heteroatoms. The minimum Gasteiger partial charge on any atom is -0.342 e. The van der Waals surface area contributed by atoms with Gasteiger partial charge in [0.15, 0.2) is 0 Å². The number of likely N-dealkylation sites (tertiary alicyclic amines) is 2. The molecule has 0 saturated carbocycles. The van der Waals surface area contributed by atoms with E-state index in [1.54, 1.807) is 0 Å². The summed E-state index contributed by atoms with van der Waals surface area (Å²) in [6.45, 7) is 5.66. The smallest absolute Gasteiger partial charge is 0.257 e. The molecule has 3 aromatic rings. The van der Waals surface area contributed by atoms with E-state index in [1.807, 2.05) is 46.1 Å². The van der Waals surface area contributed by atoms with Crippen molar-refractivity contribution in [2.75, 3.05) is 26.2 Å². The van der Waals surface area contributed by atoms with E-state index in [0.717, 1.165) is 55.6 Å². The minimum atomic E-state index is 0.00515. The van der Waals surface area contributed by atoms with Gasteiger partial charge in [-0.05, 0) is 38.2 Å². The number of amides is 2. The number of aryl methyl sites for hydroxylation is 1. The lowest BCUT2D eigenvalue weighted by Crippen LogP contribution is -2.44. The first kappa shape index (κ1) is 24.3. The van der Waals surface area contributed by atoms with Gasteiger partial charge in [-0.3, -0.25) is 14.3 Å². The molecule has 1 aromatic heterocycles.